The Morgan fingerprint density at radius 1 is 1.20 bits per heavy atom. The number of hydrogen-bond donors (Lipinski definition) is 1. The quantitative estimate of drug-likeness (QED) is 0.774. The number of aromatic nitrogens is 4. The average Bonchev–Trinajstić information content (AvgIpc) is 3.18. The van der Waals surface area contributed by atoms with Gasteiger partial charge in [0.15, 0.2) is 0 Å². The van der Waals surface area contributed by atoms with Crippen LogP contribution < -0.4 is 5.32 Å². The van der Waals surface area contributed by atoms with Crippen molar-refractivity contribution in [3.8, 4) is 0 Å². The minimum atomic E-state index is -0.242. The highest BCUT2D eigenvalue weighted by Crippen LogP contribution is 2.22. The monoisotopic (exact) mass is 341 g/mol. The molecule has 5 nitrogen and oxygen atoms in total. The summed E-state index contributed by atoms with van der Waals surface area (Å²) in [5.41, 5.74) is 2.02. The molecule has 3 rings (SSSR count). The lowest BCUT2D eigenvalue weighted by Gasteiger charge is -2.20. The molecule has 1 atom stereocenters. The predicted molar refractivity (Wildman–Crippen MR) is 95.5 cm³/mol. The maximum absolute atomic E-state index is 13.3. The van der Waals surface area contributed by atoms with Crippen molar-refractivity contribution in [2.24, 2.45) is 7.05 Å². The fourth-order valence-corrected chi connectivity index (χ4v) is 2.71. The topological polar surface area (TPSA) is 47.7 Å². The van der Waals surface area contributed by atoms with E-state index < -0.39 is 0 Å². The molecule has 132 valence electrons. The van der Waals surface area contributed by atoms with Crippen LogP contribution in [-0.2, 0) is 19.1 Å². The molecule has 1 aromatic carbocycles. The third-order valence-electron chi connectivity index (χ3n) is 4.15. The highest BCUT2D eigenvalue weighted by atomic mass is 19.1. The first-order valence-electron chi connectivity index (χ1n) is 8.34. The fraction of sp³-hybridized carbons (Fsp3) is 0.368. The minimum absolute atomic E-state index is 0.0473. The van der Waals surface area contributed by atoms with Crippen LogP contribution in [0.3, 0.4) is 0 Å². The van der Waals surface area contributed by atoms with Crippen LogP contribution >= 0.6 is 0 Å². The second-order valence-corrected chi connectivity index (χ2v) is 7.23. The van der Waals surface area contributed by atoms with Gasteiger partial charge in [-0.15, -0.1) is 0 Å². The van der Waals surface area contributed by atoms with Crippen molar-refractivity contribution in [3.63, 3.8) is 0 Å². The lowest BCUT2D eigenvalue weighted by molar-refractivity contribution is 0.355. The van der Waals surface area contributed by atoms with E-state index in [1.54, 1.807) is 18.3 Å². The summed E-state index contributed by atoms with van der Waals surface area (Å²) in [4.78, 5) is 4.46. The molecular weight excluding hydrogens is 317 g/mol. The van der Waals surface area contributed by atoms with Gasteiger partial charge >= 0.3 is 0 Å². The lowest BCUT2D eigenvalue weighted by atomic mass is 10.1. The summed E-state index contributed by atoms with van der Waals surface area (Å²) in [6.07, 6.45) is 7.60. The van der Waals surface area contributed by atoms with E-state index in [4.69, 9.17) is 0 Å². The van der Waals surface area contributed by atoms with E-state index in [1.807, 2.05) is 34.9 Å². The molecule has 25 heavy (non-hydrogen) atoms. The van der Waals surface area contributed by atoms with E-state index in [1.165, 1.54) is 12.1 Å². The van der Waals surface area contributed by atoms with Crippen LogP contribution in [-0.4, -0.2) is 19.3 Å². The molecule has 0 saturated carbocycles. The van der Waals surface area contributed by atoms with Crippen molar-refractivity contribution in [1.82, 2.24) is 24.6 Å². The van der Waals surface area contributed by atoms with Crippen molar-refractivity contribution in [1.29, 1.82) is 0 Å². The zero-order valence-electron chi connectivity index (χ0n) is 15.1. The van der Waals surface area contributed by atoms with Crippen LogP contribution in [0.25, 0.3) is 0 Å². The molecular formula is C19H24FN5. The van der Waals surface area contributed by atoms with Crippen molar-refractivity contribution in [2.75, 3.05) is 0 Å². The molecule has 2 heterocycles. The van der Waals surface area contributed by atoms with Gasteiger partial charge in [0.1, 0.15) is 11.6 Å². The third-order valence-corrected chi connectivity index (χ3v) is 4.15. The van der Waals surface area contributed by atoms with Gasteiger partial charge in [0.2, 0.25) is 0 Å². The van der Waals surface area contributed by atoms with Crippen molar-refractivity contribution in [2.45, 2.75) is 38.9 Å². The van der Waals surface area contributed by atoms with Gasteiger partial charge in [-0.1, -0.05) is 12.1 Å². The van der Waals surface area contributed by atoms with Crippen LogP contribution in [0, 0.1) is 5.82 Å². The molecule has 0 bridgehead atoms. The van der Waals surface area contributed by atoms with Gasteiger partial charge in [0, 0.05) is 37.7 Å². The van der Waals surface area contributed by atoms with E-state index in [-0.39, 0.29) is 17.4 Å². The highest BCUT2D eigenvalue weighted by molar-refractivity contribution is 5.26. The smallest absolute Gasteiger partial charge is 0.130 e. The molecule has 0 spiro atoms. The number of nitrogens with zero attached hydrogens (tertiary/aromatic N) is 4. The minimum Gasteiger partial charge on any atom is -0.336 e. The third kappa shape index (κ3) is 3.96. The van der Waals surface area contributed by atoms with E-state index >= 15 is 0 Å². The first kappa shape index (κ1) is 17.4. The molecule has 0 saturated heterocycles. The lowest BCUT2D eigenvalue weighted by Crippen LogP contribution is -2.25. The van der Waals surface area contributed by atoms with Crippen molar-refractivity contribution < 1.29 is 4.39 Å². The molecule has 0 radical (unpaired) electrons. The van der Waals surface area contributed by atoms with Crippen LogP contribution in [0.5, 0.6) is 0 Å². The first-order valence-corrected chi connectivity index (χ1v) is 8.34. The van der Waals surface area contributed by atoms with E-state index in [0.29, 0.717) is 6.54 Å². The molecule has 3 aromatic rings. The number of rotatable bonds is 5. The summed E-state index contributed by atoms with van der Waals surface area (Å²) in [5.74, 6) is 0.642. The van der Waals surface area contributed by atoms with Crippen LogP contribution in [0.4, 0.5) is 4.39 Å². The summed E-state index contributed by atoms with van der Waals surface area (Å²) < 4.78 is 17.2. The maximum Gasteiger partial charge on any atom is 0.130 e. The molecule has 0 aliphatic carbocycles. The van der Waals surface area contributed by atoms with Gasteiger partial charge in [-0.25, -0.2) is 9.37 Å². The molecule has 1 N–H and O–H groups in total. The maximum atomic E-state index is 13.3. The van der Waals surface area contributed by atoms with Gasteiger partial charge in [-0.2, -0.15) is 5.10 Å². The second kappa shape index (κ2) is 6.80. The summed E-state index contributed by atoms with van der Waals surface area (Å²) >= 11 is 0. The Labute approximate surface area is 147 Å². The van der Waals surface area contributed by atoms with Gasteiger partial charge in [0.25, 0.3) is 0 Å². The number of aryl methyl sites for hydroxylation is 1. The molecule has 0 aliphatic rings. The Balaban J connectivity index is 1.82. The summed E-state index contributed by atoms with van der Waals surface area (Å²) in [7, 11) is 1.96. The fourth-order valence-electron chi connectivity index (χ4n) is 2.71. The summed E-state index contributed by atoms with van der Waals surface area (Å²) in [5, 5.41) is 7.96. The van der Waals surface area contributed by atoms with Gasteiger partial charge in [0.05, 0.1) is 17.8 Å². The Morgan fingerprint density at radius 2 is 1.92 bits per heavy atom. The highest BCUT2D eigenvalue weighted by Gasteiger charge is 2.19. The Kier molecular flexibility index (Phi) is 4.72. The largest absolute Gasteiger partial charge is 0.336 e. The second-order valence-electron chi connectivity index (χ2n) is 7.23. The molecule has 6 heteroatoms. The molecule has 0 unspecified atom stereocenters. The molecule has 0 amide bonds. The molecule has 2 aromatic heterocycles. The standard InChI is InChI=1S/C19H24FN5/c1-19(2,3)25-13-14(12-23-25)11-22-17(18-21-9-10-24(18)4)15-5-7-16(20)8-6-15/h5-10,12-13,17,22H,11H2,1-4H3/t17-/m1/s1. The zero-order chi connectivity index (χ0) is 18.0. The van der Waals surface area contributed by atoms with Crippen LogP contribution in [0.2, 0.25) is 0 Å². The molecule has 0 aliphatic heterocycles. The normalized spacial score (nSPS) is 13.2. The van der Waals surface area contributed by atoms with Gasteiger partial charge in [-0.3, -0.25) is 10.00 Å². The number of hydrogen-bond acceptors (Lipinski definition) is 3. The Hall–Kier alpha value is -2.47. The first-order chi connectivity index (χ1) is 11.8. The SMILES string of the molecule is Cn1ccnc1[C@H](NCc1cnn(C(C)(C)C)c1)c1ccc(F)cc1. The van der Waals surface area contributed by atoms with E-state index in [9.17, 15) is 4.39 Å². The average molecular weight is 341 g/mol. The Bertz CT molecular complexity index is 826. The van der Waals surface area contributed by atoms with Crippen LogP contribution in [0.15, 0.2) is 49.1 Å². The summed E-state index contributed by atoms with van der Waals surface area (Å²) in [6, 6.07) is 6.41. The van der Waals surface area contributed by atoms with Gasteiger partial charge < -0.3 is 4.57 Å². The van der Waals surface area contributed by atoms with E-state index in [0.717, 1.165) is 17.0 Å². The number of nitrogens with one attached hydrogen (secondary N) is 1. The summed E-state index contributed by atoms with van der Waals surface area (Å²) in [6.45, 7) is 7.00. The van der Waals surface area contributed by atoms with E-state index in [2.05, 4.69) is 36.2 Å². The Morgan fingerprint density at radius 3 is 2.48 bits per heavy atom. The zero-order valence-corrected chi connectivity index (χ0v) is 15.1. The molecule has 0 fully saturated rings. The van der Waals surface area contributed by atoms with Crippen molar-refractivity contribution >= 4 is 0 Å². The van der Waals surface area contributed by atoms with Crippen LogP contribution in [0.1, 0.15) is 43.8 Å². The predicted octanol–water partition coefficient (Wildman–Crippen LogP) is 3.39. The van der Waals surface area contributed by atoms with Crippen molar-refractivity contribution in [3.05, 3.63) is 71.8 Å². The van der Waals surface area contributed by atoms with Gasteiger partial charge in [-0.05, 0) is 38.5 Å². The number of halogens is 1. The number of benzene rings is 1. The number of imidazole rings is 1.